The first kappa shape index (κ1) is 22.1. The molecule has 6 nitrogen and oxygen atoms in total. The molecule has 1 aromatic rings. The molecule has 0 saturated carbocycles. The van der Waals surface area contributed by atoms with Gasteiger partial charge in [0.15, 0.2) is 0 Å². The van der Waals surface area contributed by atoms with E-state index >= 15 is 0 Å². The lowest BCUT2D eigenvalue weighted by Crippen LogP contribution is -2.59. The maximum atomic E-state index is 14.0. The van der Waals surface area contributed by atoms with Crippen LogP contribution in [0.1, 0.15) is 33.6 Å². The second kappa shape index (κ2) is 8.28. The van der Waals surface area contributed by atoms with E-state index < -0.39 is 26.6 Å². The van der Waals surface area contributed by atoms with E-state index in [9.17, 15) is 22.0 Å². The number of sulfonamides is 1. The van der Waals surface area contributed by atoms with E-state index in [1.54, 1.807) is 0 Å². The third kappa shape index (κ3) is 4.18. The van der Waals surface area contributed by atoms with Gasteiger partial charge in [0.05, 0.1) is 0 Å². The van der Waals surface area contributed by atoms with Crippen LogP contribution in [0.2, 0.25) is 0 Å². The van der Waals surface area contributed by atoms with Crippen LogP contribution in [0.15, 0.2) is 23.1 Å². The fourth-order valence-electron chi connectivity index (χ4n) is 4.41. The standard InChI is InChI=1S/C20H29F2N3O3S/c1-4-20(7-8-23(14-20)19(26)15(2)3)24-9-11-25(12-10-24)29(27,28)18-6-5-16(21)13-17(18)22/h5-6,13,15H,4,7-12,14H2,1-3H3. The first-order valence-corrected chi connectivity index (χ1v) is 11.5. The number of likely N-dealkylation sites (tertiary alicyclic amines) is 1. The van der Waals surface area contributed by atoms with Gasteiger partial charge in [-0.15, -0.1) is 0 Å². The van der Waals surface area contributed by atoms with Gasteiger partial charge in [-0.25, -0.2) is 17.2 Å². The zero-order valence-electron chi connectivity index (χ0n) is 17.2. The molecule has 0 bridgehead atoms. The van der Waals surface area contributed by atoms with Gasteiger partial charge in [0.1, 0.15) is 16.5 Å². The van der Waals surface area contributed by atoms with E-state index in [1.165, 1.54) is 4.31 Å². The molecule has 2 saturated heterocycles. The number of halogens is 2. The van der Waals surface area contributed by atoms with Crippen molar-refractivity contribution in [3.63, 3.8) is 0 Å². The Labute approximate surface area is 171 Å². The summed E-state index contributed by atoms with van der Waals surface area (Å²) in [5.41, 5.74) is -0.151. The Morgan fingerprint density at radius 2 is 1.79 bits per heavy atom. The van der Waals surface area contributed by atoms with Gasteiger partial charge in [-0.1, -0.05) is 20.8 Å². The van der Waals surface area contributed by atoms with Crippen LogP contribution in [0.25, 0.3) is 0 Å². The molecular formula is C20H29F2N3O3S. The molecule has 1 amide bonds. The van der Waals surface area contributed by atoms with E-state index in [0.717, 1.165) is 25.0 Å². The predicted molar refractivity (Wildman–Crippen MR) is 106 cm³/mol. The average molecular weight is 430 g/mol. The summed E-state index contributed by atoms with van der Waals surface area (Å²) in [7, 11) is -4.02. The third-order valence-corrected chi connectivity index (χ3v) is 8.15. The number of carbonyl (C=O) groups is 1. The quantitative estimate of drug-likeness (QED) is 0.721. The predicted octanol–water partition coefficient (Wildman–Crippen LogP) is 2.31. The minimum atomic E-state index is -4.02. The van der Waals surface area contributed by atoms with Crippen LogP contribution < -0.4 is 0 Å². The summed E-state index contributed by atoms with van der Waals surface area (Å²) in [5, 5.41) is 0. The maximum Gasteiger partial charge on any atom is 0.246 e. The largest absolute Gasteiger partial charge is 0.341 e. The van der Waals surface area contributed by atoms with Gasteiger partial charge in [0, 0.05) is 56.8 Å². The number of carbonyl (C=O) groups excluding carboxylic acids is 1. The Kier molecular flexibility index (Phi) is 6.31. The van der Waals surface area contributed by atoms with Gasteiger partial charge >= 0.3 is 0 Å². The summed E-state index contributed by atoms with van der Waals surface area (Å²) in [6.07, 6.45) is 1.73. The second-order valence-electron chi connectivity index (χ2n) is 8.21. The lowest BCUT2D eigenvalue weighted by molar-refractivity contribution is -0.134. The molecule has 0 N–H and O–H groups in total. The van der Waals surface area contributed by atoms with Gasteiger partial charge in [0.25, 0.3) is 0 Å². The van der Waals surface area contributed by atoms with Crippen molar-refractivity contribution in [2.24, 2.45) is 5.92 Å². The Morgan fingerprint density at radius 3 is 2.34 bits per heavy atom. The van der Waals surface area contributed by atoms with E-state index in [4.69, 9.17) is 0 Å². The zero-order chi connectivity index (χ0) is 21.4. The molecule has 162 valence electrons. The fraction of sp³-hybridized carbons (Fsp3) is 0.650. The van der Waals surface area contributed by atoms with Crippen molar-refractivity contribution < 1.29 is 22.0 Å². The van der Waals surface area contributed by atoms with Crippen molar-refractivity contribution in [2.75, 3.05) is 39.3 Å². The molecule has 29 heavy (non-hydrogen) atoms. The van der Waals surface area contributed by atoms with Gasteiger partial charge in [-0.2, -0.15) is 4.31 Å². The van der Waals surface area contributed by atoms with E-state index in [1.807, 2.05) is 18.7 Å². The van der Waals surface area contributed by atoms with Crippen LogP contribution in [0.4, 0.5) is 8.78 Å². The van der Waals surface area contributed by atoms with Gasteiger partial charge in [-0.3, -0.25) is 9.69 Å². The van der Waals surface area contributed by atoms with Gasteiger partial charge in [0.2, 0.25) is 15.9 Å². The van der Waals surface area contributed by atoms with Crippen LogP contribution >= 0.6 is 0 Å². The Balaban J connectivity index is 1.70. The molecule has 0 radical (unpaired) electrons. The molecule has 2 aliphatic rings. The van der Waals surface area contributed by atoms with Gasteiger partial charge < -0.3 is 4.90 Å². The molecule has 1 aromatic carbocycles. The number of hydrogen-bond acceptors (Lipinski definition) is 4. The minimum absolute atomic E-state index is 0.0461. The normalized spacial score (nSPS) is 24.4. The molecular weight excluding hydrogens is 400 g/mol. The van der Waals surface area contributed by atoms with E-state index in [0.29, 0.717) is 32.2 Å². The van der Waals surface area contributed by atoms with Crippen LogP contribution in [-0.4, -0.2) is 73.2 Å². The monoisotopic (exact) mass is 429 g/mol. The van der Waals surface area contributed by atoms with Crippen molar-refractivity contribution in [3.05, 3.63) is 29.8 Å². The third-order valence-electron chi connectivity index (χ3n) is 6.22. The van der Waals surface area contributed by atoms with Crippen molar-refractivity contribution >= 4 is 15.9 Å². The Hall–Kier alpha value is -1.58. The van der Waals surface area contributed by atoms with Crippen molar-refractivity contribution in [1.82, 2.24) is 14.1 Å². The molecule has 9 heteroatoms. The summed E-state index contributed by atoms with van der Waals surface area (Å²) in [4.78, 5) is 16.1. The number of benzene rings is 1. The number of hydrogen-bond donors (Lipinski definition) is 0. The summed E-state index contributed by atoms with van der Waals surface area (Å²) in [5.74, 6) is -1.78. The second-order valence-corrected chi connectivity index (χ2v) is 10.1. The SMILES string of the molecule is CCC1(N2CCN(S(=O)(=O)c3ccc(F)cc3F)CC2)CCN(C(=O)C(C)C)C1. The molecule has 2 aliphatic heterocycles. The average Bonchev–Trinajstić information content (AvgIpc) is 3.13. The Morgan fingerprint density at radius 1 is 1.14 bits per heavy atom. The van der Waals surface area contributed by atoms with E-state index in [2.05, 4.69) is 11.8 Å². The summed E-state index contributed by atoms with van der Waals surface area (Å²) >= 11 is 0. The van der Waals surface area contributed by atoms with Gasteiger partial charge in [-0.05, 0) is 25.0 Å². The summed E-state index contributed by atoms with van der Waals surface area (Å²) in [6, 6.07) is 2.53. The molecule has 0 aromatic heterocycles. The smallest absolute Gasteiger partial charge is 0.246 e. The molecule has 2 heterocycles. The highest BCUT2D eigenvalue weighted by molar-refractivity contribution is 7.89. The molecule has 3 rings (SSSR count). The highest BCUT2D eigenvalue weighted by Crippen LogP contribution is 2.33. The first-order chi connectivity index (χ1) is 13.6. The van der Waals surface area contributed by atoms with Crippen molar-refractivity contribution in [3.8, 4) is 0 Å². The topological polar surface area (TPSA) is 60.9 Å². The van der Waals surface area contributed by atoms with Crippen LogP contribution in [-0.2, 0) is 14.8 Å². The number of rotatable bonds is 5. The number of nitrogens with zero attached hydrogens (tertiary/aromatic N) is 3. The van der Waals surface area contributed by atoms with Crippen LogP contribution in [0, 0.1) is 17.6 Å². The highest BCUT2D eigenvalue weighted by Gasteiger charge is 2.45. The highest BCUT2D eigenvalue weighted by atomic mass is 32.2. The molecule has 1 atom stereocenters. The molecule has 0 aliphatic carbocycles. The molecule has 0 spiro atoms. The number of piperazine rings is 1. The lowest BCUT2D eigenvalue weighted by atomic mass is 9.92. The molecule has 1 unspecified atom stereocenters. The zero-order valence-corrected chi connectivity index (χ0v) is 18.0. The minimum Gasteiger partial charge on any atom is -0.341 e. The number of amides is 1. The fourth-order valence-corrected chi connectivity index (χ4v) is 5.87. The van der Waals surface area contributed by atoms with Crippen LogP contribution in [0.3, 0.4) is 0 Å². The lowest BCUT2D eigenvalue weighted by Gasteiger charge is -2.45. The summed E-state index contributed by atoms with van der Waals surface area (Å²) < 4.78 is 54.0. The maximum absolute atomic E-state index is 14.0. The van der Waals surface area contributed by atoms with Crippen molar-refractivity contribution in [2.45, 2.75) is 44.0 Å². The summed E-state index contributed by atoms with van der Waals surface area (Å²) in [6.45, 7) is 8.75. The molecule has 2 fully saturated rings. The van der Waals surface area contributed by atoms with Crippen molar-refractivity contribution in [1.29, 1.82) is 0 Å². The van der Waals surface area contributed by atoms with E-state index in [-0.39, 0.29) is 30.5 Å². The first-order valence-electron chi connectivity index (χ1n) is 10.1. The van der Waals surface area contributed by atoms with Crippen LogP contribution in [0.5, 0.6) is 0 Å². The Bertz CT molecular complexity index is 870.